The average molecular weight is 230 g/mol. The minimum Gasteiger partial charge on any atom is -0.346 e. The van der Waals surface area contributed by atoms with Gasteiger partial charge in [0.1, 0.15) is 5.69 Å². The Morgan fingerprint density at radius 2 is 2.33 bits per heavy atom. The summed E-state index contributed by atoms with van der Waals surface area (Å²) in [7, 11) is 1.83. The van der Waals surface area contributed by atoms with E-state index in [9.17, 15) is 4.79 Å². The molecule has 84 valence electrons. The summed E-state index contributed by atoms with van der Waals surface area (Å²) in [6.45, 7) is 3.88. The lowest BCUT2D eigenvalue weighted by atomic mass is 10.0. The van der Waals surface area contributed by atoms with E-state index in [-0.39, 0.29) is 11.4 Å². The maximum atomic E-state index is 11.7. The molecule has 1 aromatic rings. The number of aromatic nitrogens is 2. The second kappa shape index (κ2) is 4.66. The molecule has 0 aliphatic carbocycles. The van der Waals surface area contributed by atoms with Gasteiger partial charge in [-0.25, -0.2) is 4.98 Å². The monoisotopic (exact) mass is 229 g/mol. The van der Waals surface area contributed by atoms with Gasteiger partial charge in [0.25, 0.3) is 5.91 Å². The third-order valence-corrected chi connectivity index (χ3v) is 2.30. The largest absolute Gasteiger partial charge is 0.346 e. The number of hydrogen-bond donors (Lipinski definition) is 1. The Morgan fingerprint density at radius 1 is 1.67 bits per heavy atom. The van der Waals surface area contributed by atoms with Gasteiger partial charge in [0, 0.05) is 24.7 Å². The molecule has 0 aromatic carbocycles. The van der Waals surface area contributed by atoms with Crippen LogP contribution in [0.4, 0.5) is 0 Å². The number of nitrogens with one attached hydrogen (secondary N) is 1. The molecule has 0 saturated heterocycles. The number of nitrogens with zero attached hydrogens (tertiary/aromatic N) is 2. The zero-order valence-electron chi connectivity index (χ0n) is 9.25. The maximum Gasteiger partial charge on any atom is 0.271 e. The van der Waals surface area contributed by atoms with Gasteiger partial charge in [-0.05, 0) is 20.3 Å². The summed E-state index contributed by atoms with van der Waals surface area (Å²) in [5, 5.41) is 2.89. The molecule has 0 radical (unpaired) electrons. The fourth-order valence-corrected chi connectivity index (χ4v) is 1.67. The van der Waals surface area contributed by atoms with Crippen molar-refractivity contribution in [2.75, 3.05) is 5.88 Å². The van der Waals surface area contributed by atoms with Crippen LogP contribution >= 0.6 is 11.6 Å². The van der Waals surface area contributed by atoms with E-state index in [1.54, 1.807) is 17.1 Å². The van der Waals surface area contributed by atoms with Crippen molar-refractivity contribution in [1.82, 2.24) is 14.9 Å². The van der Waals surface area contributed by atoms with Crippen LogP contribution < -0.4 is 5.32 Å². The number of imidazole rings is 1. The second-order valence-electron chi connectivity index (χ2n) is 4.20. The molecule has 0 bridgehead atoms. The highest BCUT2D eigenvalue weighted by molar-refractivity contribution is 6.17. The minimum atomic E-state index is -0.295. The molecule has 0 unspecified atom stereocenters. The summed E-state index contributed by atoms with van der Waals surface area (Å²) in [6, 6.07) is 0. The van der Waals surface area contributed by atoms with Gasteiger partial charge in [-0.15, -0.1) is 11.6 Å². The van der Waals surface area contributed by atoms with Crippen molar-refractivity contribution in [1.29, 1.82) is 0 Å². The van der Waals surface area contributed by atoms with Crippen molar-refractivity contribution in [3.63, 3.8) is 0 Å². The molecule has 15 heavy (non-hydrogen) atoms. The normalized spacial score (nSPS) is 11.5. The fraction of sp³-hybridized carbons (Fsp3) is 0.600. The van der Waals surface area contributed by atoms with E-state index in [1.165, 1.54) is 0 Å². The average Bonchev–Trinajstić information content (AvgIpc) is 2.50. The Balaban J connectivity index is 2.63. The van der Waals surface area contributed by atoms with Crippen molar-refractivity contribution in [2.45, 2.75) is 25.8 Å². The van der Waals surface area contributed by atoms with Crippen LogP contribution in [0.5, 0.6) is 0 Å². The summed E-state index contributed by atoms with van der Waals surface area (Å²) >= 11 is 5.65. The van der Waals surface area contributed by atoms with E-state index >= 15 is 0 Å². The van der Waals surface area contributed by atoms with Gasteiger partial charge >= 0.3 is 0 Å². The zero-order chi connectivity index (χ0) is 11.5. The predicted octanol–water partition coefficient (Wildman–Crippen LogP) is 1.56. The van der Waals surface area contributed by atoms with Crippen LogP contribution in [-0.4, -0.2) is 26.9 Å². The van der Waals surface area contributed by atoms with Gasteiger partial charge in [0.05, 0.1) is 6.33 Å². The molecule has 0 aliphatic heterocycles. The van der Waals surface area contributed by atoms with E-state index in [4.69, 9.17) is 11.6 Å². The maximum absolute atomic E-state index is 11.7. The van der Waals surface area contributed by atoms with Crippen LogP contribution in [0.3, 0.4) is 0 Å². The predicted molar refractivity (Wildman–Crippen MR) is 60.1 cm³/mol. The molecule has 0 saturated carbocycles. The first kappa shape index (κ1) is 12.0. The smallest absolute Gasteiger partial charge is 0.271 e. The van der Waals surface area contributed by atoms with E-state index < -0.39 is 0 Å². The summed E-state index contributed by atoms with van der Waals surface area (Å²) in [5.74, 6) is 0.362. The lowest BCUT2D eigenvalue weighted by molar-refractivity contribution is 0.0907. The van der Waals surface area contributed by atoms with Crippen LogP contribution in [-0.2, 0) is 7.05 Å². The first-order chi connectivity index (χ1) is 6.94. The molecule has 0 fully saturated rings. The van der Waals surface area contributed by atoms with Crippen molar-refractivity contribution in [3.8, 4) is 0 Å². The van der Waals surface area contributed by atoms with Gasteiger partial charge < -0.3 is 9.88 Å². The number of hydrogen-bond acceptors (Lipinski definition) is 2. The number of aryl methyl sites for hydroxylation is 1. The molecular formula is C10H16ClN3O. The molecule has 4 nitrogen and oxygen atoms in total. The summed E-state index contributed by atoms with van der Waals surface area (Å²) in [5.41, 5.74) is 0.135. The Bertz CT molecular complexity index is 346. The summed E-state index contributed by atoms with van der Waals surface area (Å²) in [4.78, 5) is 15.7. The number of alkyl halides is 1. The van der Waals surface area contributed by atoms with Crippen LogP contribution in [0.25, 0.3) is 0 Å². The third-order valence-electron chi connectivity index (χ3n) is 2.11. The SMILES string of the molecule is Cn1cnc(C(=O)NC(C)(C)CCCl)c1. The van der Waals surface area contributed by atoms with Crippen LogP contribution in [0.15, 0.2) is 12.5 Å². The van der Waals surface area contributed by atoms with Crippen LogP contribution in [0, 0.1) is 0 Å². The number of carbonyl (C=O) groups excluding carboxylic acids is 1. The quantitative estimate of drug-likeness (QED) is 0.797. The van der Waals surface area contributed by atoms with E-state index in [0.29, 0.717) is 11.6 Å². The van der Waals surface area contributed by atoms with Gasteiger partial charge in [0.2, 0.25) is 0 Å². The molecule has 1 N–H and O–H groups in total. The van der Waals surface area contributed by atoms with Crippen molar-refractivity contribution in [3.05, 3.63) is 18.2 Å². The zero-order valence-corrected chi connectivity index (χ0v) is 10.0. The lowest BCUT2D eigenvalue weighted by Crippen LogP contribution is -2.43. The first-order valence-corrected chi connectivity index (χ1v) is 5.34. The number of amides is 1. The third kappa shape index (κ3) is 3.55. The van der Waals surface area contributed by atoms with Crippen LogP contribution in [0.1, 0.15) is 30.8 Å². The topological polar surface area (TPSA) is 46.9 Å². The summed E-state index contributed by atoms with van der Waals surface area (Å²) < 4.78 is 1.74. The first-order valence-electron chi connectivity index (χ1n) is 4.81. The highest BCUT2D eigenvalue weighted by Crippen LogP contribution is 2.10. The summed E-state index contributed by atoms with van der Waals surface area (Å²) in [6.07, 6.45) is 4.02. The molecule has 0 aliphatic rings. The lowest BCUT2D eigenvalue weighted by Gasteiger charge is -2.24. The highest BCUT2D eigenvalue weighted by Gasteiger charge is 2.21. The van der Waals surface area contributed by atoms with Crippen molar-refractivity contribution in [2.24, 2.45) is 7.05 Å². The molecule has 0 spiro atoms. The van der Waals surface area contributed by atoms with Gasteiger partial charge in [-0.3, -0.25) is 4.79 Å². The highest BCUT2D eigenvalue weighted by atomic mass is 35.5. The molecule has 1 rings (SSSR count). The molecule has 1 aromatic heterocycles. The number of halogens is 1. The minimum absolute atomic E-state index is 0.161. The van der Waals surface area contributed by atoms with Crippen molar-refractivity contribution < 1.29 is 4.79 Å². The van der Waals surface area contributed by atoms with Crippen molar-refractivity contribution >= 4 is 17.5 Å². The fourth-order valence-electron chi connectivity index (χ4n) is 1.20. The Kier molecular flexibility index (Phi) is 3.74. The van der Waals surface area contributed by atoms with E-state index in [0.717, 1.165) is 6.42 Å². The molecule has 0 atom stereocenters. The number of carbonyl (C=O) groups is 1. The van der Waals surface area contributed by atoms with E-state index in [2.05, 4.69) is 10.3 Å². The second-order valence-corrected chi connectivity index (χ2v) is 4.58. The van der Waals surface area contributed by atoms with E-state index in [1.807, 2.05) is 20.9 Å². The molecule has 1 amide bonds. The molecule has 5 heteroatoms. The van der Waals surface area contributed by atoms with Gasteiger partial charge in [-0.1, -0.05) is 0 Å². The van der Waals surface area contributed by atoms with Gasteiger partial charge in [0.15, 0.2) is 0 Å². The molecule has 1 heterocycles. The Labute approximate surface area is 94.6 Å². The van der Waals surface area contributed by atoms with Gasteiger partial charge in [-0.2, -0.15) is 0 Å². The Hall–Kier alpha value is -1.03. The Morgan fingerprint density at radius 3 is 2.80 bits per heavy atom. The standard InChI is InChI=1S/C10H16ClN3O/c1-10(2,4-5-11)13-9(15)8-6-14(3)7-12-8/h6-7H,4-5H2,1-3H3,(H,13,15). The number of rotatable bonds is 4. The van der Waals surface area contributed by atoms with Crippen LogP contribution in [0.2, 0.25) is 0 Å². The molecular weight excluding hydrogens is 214 g/mol.